The van der Waals surface area contributed by atoms with Gasteiger partial charge in [-0.15, -0.1) is 19.7 Å². The van der Waals surface area contributed by atoms with Crippen LogP contribution < -0.4 is 0 Å². The van der Waals surface area contributed by atoms with Crippen LogP contribution in [0.4, 0.5) is 0 Å². The van der Waals surface area contributed by atoms with Crippen molar-refractivity contribution in [2.75, 3.05) is 0 Å². The van der Waals surface area contributed by atoms with E-state index in [1.54, 1.807) is 0 Å². The van der Waals surface area contributed by atoms with Crippen LogP contribution in [-0.2, 0) is 5.41 Å². The summed E-state index contributed by atoms with van der Waals surface area (Å²) in [6, 6.07) is 17.4. The van der Waals surface area contributed by atoms with Crippen molar-refractivity contribution < 1.29 is 0 Å². The summed E-state index contributed by atoms with van der Waals surface area (Å²) < 4.78 is 0. The average molecular weight is 365 g/mol. The van der Waals surface area contributed by atoms with Crippen molar-refractivity contribution in [1.82, 2.24) is 0 Å². The first-order valence-electron chi connectivity index (χ1n) is 9.12. The molecular weight excluding hydrogens is 324 g/mol. The molecule has 148 valence electrons. The Kier molecular flexibility index (Phi) is 12.9. The molecule has 0 nitrogen and oxygen atoms in total. The highest BCUT2D eigenvalue weighted by atomic mass is 14.4. The minimum absolute atomic E-state index is 0. The SMILES string of the molecule is C.C=C.C=C(C)C.CC1(C)c2ccccc2-c2ccccc21.CC=C(C)C. The van der Waals surface area contributed by atoms with Crippen molar-refractivity contribution in [2.45, 2.75) is 61.3 Å². The number of hydrogen-bond donors (Lipinski definition) is 0. The maximum Gasteiger partial charge on any atom is 0.0158 e. The Morgan fingerprint density at radius 3 is 1.30 bits per heavy atom. The maximum absolute atomic E-state index is 3.56. The molecule has 0 N–H and O–H groups in total. The van der Waals surface area contributed by atoms with Crippen LogP contribution in [0.15, 0.2) is 85.5 Å². The second-order valence-corrected chi connectivity index (χ2v) is 7.29. The fourth-order valence-electron chi connectivity index (χ4n) is 2.67. The van der Waals surface area contributed by atoms with Crippen molar-refractivity contribution in [1.29, 1.82) is 0 Å². The lowest BCUT2D eigenvalue weighted by atomic mass is 9.82. The summed E-state index contributed by atoms with van der Waals surface area (Å²) in [5.41, 5.74) is 8.41. The van der Waals surface area contributed by atoms with Gasteiger partial charge in [-0.3, -0.25) is 0 Å². The fraction of sp³-hybridized carbons (Fsp3) is 0.333. The first kappa shape index (κ1) is 26.9. The molecule has 0 aromatic heterocycles. The molecule has 0 atom stereocenters. The summed E-state index contributed by atoms with van der Waals surface area (Å²) in [6.07, 6.45) is 2.08. The van der Waals surface area contributed by atoms with Gasteiger partial charge in [0, 0.05) is 5.41 Å². The zero-order valence-electron chi connectivity index (χ0n) is 17.8. The molecule has 1 aliphatic carbocycles. The zero-order chi connectivity index (χ0) is 20.3. The lowest BCUT2D eigenvalue weighted by molar-refractivity contribution is 0.660. The van der Waals surface area contributed by atoms with Gasteiger partial charge >= 0.3 is 0 Å². The highest BCUT2D eigenvalue weighted by molar-refractivity contribution is 5.80. The van der Waals surface area contributed by atoms with Crippen molar-refractivity contribution in [3.05, 3.63) is 96.6 Å². The van der Waals surface area contributed by atoms with E-state index in [-0.39, 0.29) is 12.8 Å². The van der Waals surface area contributed by atoms with Gasteiger partial charge in [-0.05, 0) is 56.9 Å². The molecule has 0 radical (unpaired) electrons. The summed E-state index contributed by atoms with van der Waals surface area (Å²) in [5, 5.41) is 0. The largest absolute Gasteiger partial charge is 0.106 e. The minimum Gasteiger partial charge on any atom is -0.106 e. The molecule has 0 saturated carbocycles. The van der Waals surface area contributed by atoms with Gasteiger partial charge in [0.2, 0.25) is 0 Å². The summed E-state index contributed by atoms with van der Waals surface area (Å²) in [5.74, 6) is 0. The summed E-state index contributed by atoms with van der Waals surface area (Å²) in [7, 11) is 0. The van der Waals surface area contributed by atoms with Crippen LogP contribution in [0, 0.1) is 0 Å². The minimum atomic E-state index is 0. The van der Waals surface area contributed by atoms with Gasteiger partial charge in [0.15, 0.2) is 0 Å². The molecule has 2 aromatic rings. The van der Waals surface area contributed by atoms with Crippen molar-refractivity contribution in [2.24, 2.45) is 0 Å². The number of hydrogen-bond acceptors (Lipinski definition) is 0. The summed E-state index contributed by atoms with van der Waals surface area (Å²) in [4.78, 5) is 0. The lowest BCUT2D eigenvalue weighted by Gasteiger charge is -2.20. The standard InChI is InChI=1S/C15H14.C5H10.C4H8.C2H4.CH4/c1-15(2)13-9-5-3-7-11(13)12-8-4-6-10-14(12)15;1-4-5(2)3;1-4(2)3;1-2;/h3-10H,1-2H3;4H,1-3H3;1H2,2-3H3;1-2H2;1H4. The number of allylic oxidation sites excluding steroid dienone is 3. The Labute approximate surface area is 169 Å². The van der Waals surface area contributed by atoms with Gasteiger partial charge in [-0.1, -0.05) is 87.0 Å². The smallest absolute Gasteiger partial charge is 0.0158 e. The van der Waals surface area contributed by atoms with Gasteiger partial charge < -0.3 is 0 Å². The number of benzene rings is 2. The molecule has 0 unspecified atom stereocenters. The van der Waals surface area contributed by atoms with Crippen LogP contribution in [0.2, 0.25) is 0 Å². The molecule has 0 heterocycles. The Morgan fingerprint density at radius 1 is 0.778 bits per heavy atom. The van der Waals surface area contributed by atoms with Gasteiger partial charge in [-0.2, -0.15) is 0 Å². The molecular formula is C27H40. The van der Waals surface area contributed by atoms with Crippen LogP contribution in [-0.4, -0.2) is 0 Å². The molecule has 0 heteroatoms. The second kappa shape index (κ2) is 12.9. The van der Waals surface area contributed by atoms with Crippen LogP contribution in [0.25, 0.3) is 11.1 Å². The van der Waals surface area contributed by atoms with Gasteiger partial charge in [0.25, 0.3) is 0 Å². The van der Waals surface area contributed by atoms with E-state index in [9.17, 15) is 0 Å². The Balaban J connectivity index is 0. The average Bonchev–Trinajstić information content (AvgIpc) is 2.86. The number of fused-ring (bicyclic) bond motifs is 3. The molecule has 3 rings (SSSR count). The van der Waals surface area contributed by atoms with Gasteiger partial charge in [0.05, 0.1) is 0 Å². The highest BCUT2D eigenvalue weighted by Gasteiger charge is 2.34. The van der Waals surface area contributed by atoms with Gasteiger partial charge in [-0.25, -0.2) is 0 Å². The predicted molar refractivity (Wildman–Crippen MR) is 128 cm³/mol. The van der Waals surface area contributed by atoms with E-state index in [0.717, 1.165) is 0 Å². The van der Waals surface area contributed by atoms with Crippen LogP contribution in [0.5, 0.6) is 0 Å². The normalized spacial score (nSPS) is 11.2. The third-order valence-corrected chi connectivity index (χ3v) is 4.07. The quantitative estimate of drug-likeness (QED) is 0.409. The monoisotopic (exact) mass is 364 g/mol. The molecule has 27 heavy (non-hydrogen) atoms. The first-order chi connectivity index (χ1) is 12.2. The zero-order valence-corrected chi connectivity index (χ0v) is 17.8. The predicted octanol–water partition coefficient (Wildman–Crippen LogP) is 8.99. The molecule has 0 fully saturated rings. The Bertz CT molecular complexity index is 674. The molecule has 0 spiro atoms. The van der Waals surface area contributed by atoms with Gasteiger partial charge in [0.1, 0.15) is 0 Å². The van der Waals surface area contributed by atoms with Crippen LogP contribution in [0.1, 0.15) is 67.0 Å². The maximum atomic E-state index is 3.56. The van der Waals surface area contributed by atoms with E-state index in [1.165, 1.54) is 33.4 Å². The first-order valence-corrected chi connectivity index (χ1v) is 9.12. The summed E-state index contributed by atoms with van der Waals surface area (Å²) in [6.45, 7) is 24.3. The van der Waals surface area contributed by atoms with E-state index in [1.807, 2.05) is 20.8 Å². The van der Waals surface area contributed by atoms with Crippen molar-refractivity contribution >= 4 is 0 Å². The molecule has 0 saturated heterocycles. The number of rotatable bonds is 0. The highest BCUT2D eigenvalue weighted by Crippen LogP contribution is 2.47. The third kappa shape index (κ3) is 7.83. The van der Waals surface area contributed by atoms with E-state index >= 15 is 0 Å². The lowest BCUT2D eigenvalue weighted by Crippen LogP contribution is -2.14. The fourth-order valence-corrected chi connectivity index (χ4v) is 2.67. The molecule has 1 aliphatic rings. The van der Waals surface area contributed by atoms with Crippen molar-refractivity contribution in [3.8, 4) is 11.1 Å². The molecule has 0 amide bonds. The topological polar surface area (TPSA) is 0 Å². The molecule has 2 aromatic carbocycles. The molecule has 0 bridgehead atoms. The third-order valence-electron chi connectivity index (χ3n) is 4.07. The van der Waals surface area contributed by atoms with Crippen LogP contribution in [0.3, 0.4) is 0 Å². The van der Waals surface area contributed by atoms with E-state index in [2.05, 4.69) is 102 Å². The van der Waals surface area contributed by atoms with E-state index in [4.69, 9.17) is 0 Å². The Hall–Kier alpha value is -2.34. The van der Waals surface area contributed by atoms with Crippen LogP contribution >= 0.6 is 0 Å². The molecule has 0 aliphatic heterocycles. The second-order valence-electron chi connectivity index (χ2n) is 7.29. The van der Waals surface area contributed by atoms with E-state index in [0.29, 0.717) is 0 Å². The summed E-state index contributed by atoms with van der Waals surface area (Å²) >= 11 is 0. The van der Waals surface area contributed by atoms with E-state index < -0.39 is 0 Å². The van der Waals surface area contributed by atoms with Crippen molar-refractivity contribution in [3.63, 3.8) is 0 Å². The Morgan fingerprint density at radius 2 is 1.04 bits per heavy atom.